The summed E-state index contributed by atoms with van der Waals surface area (Å²) in [6, 6.07) is 23.0. The zero-order chi connectivity index (χ0) is 22.1. The molecule has 0 spiro atoms. The van der Waals surface area contributed by atoms with Crippen LogP contribution in [0.15, 0.2) is 88.9 Å². The predicted octanol–water partition coefficient (Wildman–Crippen LogP) is 5.14. The van der Waals surface area contributed by atoms with Crippen molar-refractivity contribution in [2.75, 3.05) is 23.9 Å². The van der Waals surface area contributed by atoms with Crippen LogP contribution in [0.25, 0.3) is 5.76 Å². The molecule has 1 aliphatic heterocycles. The minimum absolute atomic E-state index is 0.0789. The summed E-state index contributed by atoms with van der Waals surface area (Å²) in [6.45, 7) is 0. The van der Waals surface area contributed by atoms with E-state index in [2.05, 4.69) is 15.9 Å². The molecule has 0 saturated carbocycles. The van der Waals surface area contributed by atoms with E-state index in [1.807, 2.05) is 73.6 Å². The van der Waals surface area contributed by atoms with E-state index in [1.165, 1.54) is 4.90 Å². The molecule has 1 aliphatic rings. The Labute approximate surface area is 189 Å². The van der Waals surface area contributed by atoms with Gasteiger partial charge in [0.25, 0.3) is 11.7 Å². The highest BCUT2D eigenvalue weighted by molar-refractivity contribution is 9.10. The van der Waals surface area contributed by atoms with Gasteiger partial charge in [-0.3, -0.25) is 14.5 Å². The molecule has 6 heteroatoms. The molecule has 5 nitrogen and oxygen atoms in total. The lowest BCUT2D eigenvalue weighted by molar-refractivity contribution is -0.132. The molecular formula is C25H21BrN2O3. The van der Waals surface area contributed by atoms with Gasteiger partial charge < -0.3 is 10.0 Å². The highest BCUT2D eigenvalue weighted by atomic mass is 79.9. The normalized spacial score (nSPS) is 17.8. The molecule has 0 aromatic heterocycles. The first-order valence-electron chi connectivity index (χ1n) is 9.78. The summed E-state index contributed by atoms with van der Waals surface area (Å²) < 4.78 is 0.852. The van der Waals surface area contributed by atoms with Gasteiger partial charge in [-0.05, 0) is 42.0 Å². The van der Waals surface area contributed by atoms with E-state index in [0.29, 0.717) is 11.3 Å². The summed E-state index contributed by atoms with van der Waals surface area (Å²) in [4.78, 5) is 29.6. The largest absolute Gasteiger partial charge is 0.507 e. The second-order valence-corrected chi connectivity index (χ2v) is 8.41. The highest BCUT2D eigenvalue weighted by Crippen LogP contribution is 2.42. The first-order valence-corrected chi connectivity index (χ1v) is 10.6. The zero-order valence-corrected chi connectivity index (χ0v) is 18.7. The quantitative estimate of drug-likeness (QED) is 0.321. The summed E-state index contributed by atoms with van der Waals surface area (Å²) in [7, 11) is 3.87. The summed E-state index contributed by atoms with van der Waals surface area (Å²) in [5.41, 5.74) is 2.88. The van der Waals surface area contributed by atoms with Crippen LogP contribution in [0.2, 0.25) is 0 Å². The number of nitrogens with zero attached hydrogens (tertiary/aromatic N) is 2. The number of rotatable bonds is 4. The van der Waals surface area contributed by atoms with Crippen LogP contribution in [0.3, 0.4) is 0 Å². The van der Waals surface area contributed by atoms with Crippen molar-refractivity contribution in [1.82, 2.24) is 0 Å². The predicted molar refractivity (Wildman–Crippen MR) is 126 cm³/mol. The van der Waals surface area contributed by atoms with Gasteiger partial charge in [0.2, 0.25) is 0 Å². The standard InChI is InChI=1S/C25H21BrN2O3/c1-27(2)19-12-14-20(15-13-19)28-22(16-6-4-3-5-7-16)21(24(30)25(28)31)23(29)17-8-10-18(26)11-9-17/h3-15,22,29H,1-2H3/b23-21+. The van der Waals surface area contributed by atoms with Crippen molar-refractivity contribution in [2.24, 2.45) is 0 Å². The Balaban J connectivity index is 1.89. The molecule has 1 heterocycles. The summed E-state index contributed by atoms with van der Waals surface area (Å²) >= 11 is 3.37. The van der Waals surface area contributed by atoms with Crippen molar-refractivity contribution >= 4 is 44.8 Å². The second kappa shape index (κ2) is 8.40. The SMILES string of the molecule is CN(C)c1ccc(N2C(=O)C(=O)/C(=C(/O)c3ccc(Br)cc3)C2c2ccccc2)cc1. The molecule has 0 bridgehead atoms. The fourth-order valence-corrected chi connectivity index (χ4v) is 3.99. The number of aliphatic hydroxyl groups is 1. The van der Waals surface area contributed by atoms with Crippen molar-refractivity contribution in [3.63, 3.8) is 0 Å². The van der Waals surface area contributed by atoms with Crippen LogP contribution in [-0.4, -0.2) is 30.9 Å². The van der Waals surface area contributed by atoms with Gasteiger partial charge in [-0.15, -0.1) is 0 Å². The molecule has 4 rings (SSSR count). The Kier molecular flexibility index (Phi) is 5.65. The molecule has 1 atom stereocenters. The van der Waals surface area contributed by atoms with Gasteiger partial charge >= 0.3 is 0 Å². The number of Topliss-reactive ketones (excluding diaryl/α,β-unsaturated/α-hetero) is 1. The molecule has 156 valence electrons. The number of carbonyl (C=O) groups excluding carboxylic acids is 2. The maximum Gasteiger partial charge on any atom is 0.300 e. The third-order valence-corrected chi connectivity index (χ3v) is 5.85. The monoisotopic (exact) mass is 476 g/mol. The molecule has 31 heavy (non-hydrogen) atoms. The van der Waals surface area contributed by atoms with E-state index >= 15 is 0 Å². The van der Waals surface area contributed by atoms with E-state index in [9.17, 15) is 14.7 Å². The van der Waals surface area contributed by atoms with E-state index in [-0.39, 0.29) is 11.3 Å². The maximum absolute atomic E-state index is 13.1. The Morgan fingerprint density at radius 3 is 2.10 bits per heavy atom. The number of anilines is 2. The number of aliphatic hydroxyl groups excluding tert-OH is 1. The highest BCUT2D eigenvalue weighted by Gasteiger charge is 2.46. The number of benzene rings is 3. The lowest BCUT2D eigenvalue weighted by Crippen LogP contribution is -2.29. The molecule has 1 fully saturated rings. The Bertz CT molecular complexity index is 1150. The number of hydrogen-bond acceptors (Lipinski definition) is 4. The number of halogens is 1. The van der Waals surface area contributed by atoms with Gasteiger partial charge in [0.1, 0.15) is 5.76 Å². The van der Waals surface area contributed by atoms with E-state index in [1.54, 1.807) is 24.3 Å². The Morgan fingerprint density at radius 2 is 1.52 bits per heavy atom. The fraction of sp³-hybridized carbons (Fsp3) is 0.120. The molecule has 0 radical (unpaired) electrons. The van der Waals surface area contributed by atoms with E-state index in [4.69, 9.17) is 0 Å². The van der Waals surface area contributed by atoms with Gasteiger partial charge in [0.05, 0.1) is 11.6 Å². The Hall–Kier alpha value is -3.38. The smallest absolute Gasteiger partial charge is 0.300 e. The molecule has 0 aliphatic carbocycles. The maximum atomic E-state index is 13.1. The van der Waals surface area contributed by atoms with Gasteiger partial charge in [-0.25, -0.2) is 0 Å². The second-order valence-electron chi connectivity index (χ2n) is 7.50. The molecule has 1 saturated heterocycles. The summed E-state index contributed by atoms with van der Waals surface area (Å²) in [5, 5.41) is 11.1. The van der Waals surface area contributed by atoms with Crippen LogP contribution in [0, 0.1) is 0 Å². The van der Waals surface area contributed by atoms with Crippen LogP contribution in [0.4, 0.5) is 11.4 Å². The first kappa shape index (κ1) is 20.9. The summed E-state index contributed by atoms with van der Waals surface area (Å²) in [6.07, 6.45) is 0. The average Bonchev–Trinajstić information content (AvgIpc) is 3.05. The third-order valence-electron chi connectivity index (χ3n) is 5.32. The topological polar surface area (TPSA) is 60.9 Å². The average molecular weight is 477 g/mol. The van der Waals surface area contributed by atoms with E-state index in [0.717, 1.165) is 15.7 Å². The van der Waals surface area contributed by atoms with Crippen molar-refractivity contribution < 1.29 is 14.7 Å². The molecule has 3 aromatic carbocycles. The van der Waals surface area contributed by atoms with Gasteiger partial charge in [-0.2, -0.15) is 0 Å². The van der Waals surface area contributed by atoms with Crippen LogP contribution < -0.4 is 9.80 Å². The third kappa shape index (κ3) is 3.86. The lowest BCUT2D eigenvalue weighted by Gasteiger charge is -2.26. The number of hydrogen-bond donors (Lipinski definition) is 1. The molecule has 3 aromatic rings. The van der Waals surface area contributed by atoms with Gasteiger partial charge in [0.15, 0.2) is 0 Å². The van der Waals surface area contributed by atoms with Crippen molar-refractivity contribution in [2.45, 2.75) is 6.04 Å². The zero-order valence-electron chi connectivity index (χ0n) is 17.1. The van der Waals surface area contributed by atoms with Crippen LogP contribution in [-0.2, 0) is 9.59 Å². The number of amides is 1. The van der Waals surface area contributed by atoms with Crippen molar-refractivity contribution in [3.05, 3.63) is 100 Å². The van der Waals surface area contributed by atoms with Crippen LogP contribution >= 0.6 is 15.9 Å². The number of ketones is 1. The Morgan fingerprint density at radius 1 is 0.903 bits per heavy atom. The van der Waals surface area contributed by atoms with Crippen LogP contribution in [0.1, 0.15) is 17.2 Å². The number of carbonyl (C=O) groups is 2. The molecule has 1 unspecified atom stereocenters. The van der Waals surface area contributed by atoms with Crippen LogP contribution in [0.5, 0.6) is 0 Å². The molecule has 1 N–H and O–H groups in total. The first-order chi connectivity index (χ1) is 14.9. The van der Waals surface area contributed by atoms with E-state index < -0.39 is 17.7 Å². The summed E-state index contributed by atoms with van der Waals surface area (Å²) in [5.74, 6) is -1.55. The minimum atomic E-state index is -0.727. The van der Waals surface area contributed by atoms with Gasteiger partial charge in [-0.1, -0.05) is 58.4 Å². The van der Waals surface area contributed by atoms with Crippen molar-refractivity contribution in [3.8, 4) is 0 Å². The molecular weight excluding hydrogens is 456 g/mol. The molecule has 1 amide bonds. The van der Waals surface area contributed by atoms with Gasteiger partial charge in [0, 0.05) is 35.5 Å². The fourth-order valence-electron chi connectivity index (χ4n) is 3.72. The lowest BCUT2D eigenvalue weighted by atomic mass is 9.95. The minimum Gasteiger partial charge on any atom is -0.507 e. The van der Waals surface area contributed by atoms with Crippen molar-refractivity contribution in [1.29, 1.82) is 0 Å².